The molecule has 1 unspecified atom stereocenters. The van der Waals surface area contributed by atoms with Gasteiger partial charge in [0.05, 0.1) is 22.8 Å². The molecule has 0 radical (unpaired) electrons. The zero-order chi connectivity index (χ0) is 21.3. The second-order valence-corrected chi connectivity index (χ2v) is 10.8. The van der Waals surface area contributed by atoms with E-state index in [0.717, 1.165) is 24.1 Å². The lowest BCUT2D eigenvalue weighted by Crippen LogP contribution is -2.40. The first-order chi connectivity index (χ1) is 14.3. The summed E-state index contributed by atoms with van der Waals surface area (Å²) in [7, 11) is -3.18. The van der Waals surface area contributed by atoms with Gasteiger partial charge < -0.3 is 0 Å². The summed E-state index contributed by atoms with van der Waals surface area (Å²) in [5.41, 5.74) is 2.49. The summed E-state index contributed by atoms with van der Waals surface area (Å²) in [6.45, 7) is 3.12. The smallest absolute Gasteiger partial charge is 0.266 e. The van der Waals surface area contributed by atoms with E-state index >= 15 is 0 Å². The lowest BCUT2D eigenvalue weighted by Gasteiger charge is -2.30. The molecule has 1 saturated heterocycles. The topological polar surface area (TPSA) is 72.3 Å². The molecule has 30 heavy (non-hydrogen) atoms. The van der Waals surface area contributed by atoms with Gasteiger partial charge in [0.15, 0.2) is 5.16 Å². The predicted octanol–water partition coefficient (Wildman–Crippen LogP) is 3.46. The number of benzene rings is 2. The van der Waals surface area contributed by atoms with E-state index in [2.05, 4.69) is 0 Å². The normalized spacial score (nSPS) is 18.0. The molecule has 2 heterocycles. The van der Waals surface area contributed by atoms with Crippen LogP contribution in [0.1, 0.15) is 18.4 Å². The Balaban J connectivity index is 1.68. The van der Waals surface area contributed by atoms with Crippen LogP contribution in [0.15, 0.2) is 58.5 Å². The van der Waals surface area contributed by atoms with Crippen LogP contribution in [-0.4, -0.2) is 47.4 Å². The van der Waals surface area contributed by atoms with E-state index in [0.29, 0.717) is 34.9 Å². The van der Waals surface area contributed by atoms with Crippen LogP contribution in [0.2, 0.25) is 0 Å². The highest BCUT2D eigenvalue weighted by molar-refractivity contribution is 7.99. The molecule has 1 atom stereocenters. The van der Waals surface area contributed by atoms with Gasteiger partial charge in [-0.3, -0.25) is 9.36 Å². The summed E-state index contributed by atoms with van der Waals surface area (Å²) in [6.07, 6.45) is 3.10. The highest BCUT2D eigenvalue weighted by Crippen LogP contribution is 2.27. The summed E-state index contributed by atoms with van der Waals surface area (Å²) in [5.74, 6) is 0.941. The molecule has 4 rings (SSSR count). The largest absolute Gasteiger partial charge is 0.268 e. The van der Waals surface area contributed by atoms with Gasteiger partial charge in [-0.2, -0.15) is 0 Å². The highest BCUT2D eigenvalue weighted by atomic mass is 32.2. The first-order valence-electron chi connectivity index (χ1n) is 10.00. The molecule has 3 aromatic rings. The Morgan fingerprint density at radius 2 is 1.87 bits per heavy atom. The zero-order valence-electron chi connectivity index (χ0n) is 17.1. The summed E-state index contributed by atoms with van der Waals surface area (Å²) >= 11 is 1.52. The molecule has 1 aromatic heterocycles. The van der Waals surface area contributed by atoms with Gasteiger partial charge >= 0.3 is 0 Å². The first-order valence-corrected chi connectivity index (χ1v) is 12.8. The van der Waals surface area contributed by atoms with E-state index in [9.17, 15) is 13.2 Å². The molecule has 0 spiro atoms. The van der Waals surface area contributed by atoms with Crippen LogP contribution >= 0.6 is 11.8 Å². The molecule has 0 amide bonds. The minimum absolute atomic E-state index is 0.0895. The van der Waals surface area contributed by atoms with Crippen molar-refractivity contribution in [2.24, 2.45) is 5.92 Å². The Kier molecular flexibility index (Phi) is 5.99. The minimum atomic E-state index is -3.18. The van der Waals surface area contributed by atoms with Crippen molar-refractivity contribution in [3.05, 3.63) is 64.4 Å². The standard InChI is InChI=1S/C22H25N3O3S2/c1-16-9-11-18(12-10-16)25-21(26)19-7-3-4-8-20(19)23-22(25)29-15-17-6-5-13-24(14-17)30(2,27)28/h3-4,7-12,17H,5-6,13-15H2,1-2H3. The van der Waals surface area contributed by atoms with Crippen molar-refractivity contribution in [3.63, 3.8) is 0 Å². The van der Waals surface area contributed by atoms with E-state index in [-0.39, 0.29) is 11.5 Å². The Morgan fingerprint density at radius 3 is 2.60 bits per heavy atom. The molecule has 0 N–H and O–H groups in total. The van der Waals surface area contributed by atoms with E-state index in [1.807, 2.05) is 49.4 Å². The van der Waals surface area contributed by atoms with Crippen LogP contribution in [0.25, 0.3) is 16.6 Å². The van der Waals surface area contributed by atoms with Gasteiger partial charge in [0, 0.05) is 18.8 Å². The quantitative estimate of drug-likeness (QED) is 0.446. The maximum absolute atomic E-state index is 13.3. The number of nitrogens with zero attached hydrogens (tertiary/aromatic N) is 3. The molecule has 2 aromatic carbocycles. The van der Waals surface area contributed by atoms with Gasteiger partial charge in [-0.1, -0.05) is 41.6 Å². The average molecular weight is 444 g/mol. The van der Waals surface area contributed by atoms with Crippen molar-refractivity contribution < 1.29 is 8.42 Å². The van der Waals surface area contributed by atoms with Crippen LogP contribution < -0.4 is 5.56 Å². The van der Waals surface area contributed by atoms with Crippen molar-refractivity contribution in [1.29, 1.82) is 0 Å². The third-order valence-electron chi connectivity index (χ3n) is 5.44. The molecule has 0 aliphatic carbocycles. The number of aromatic nitrogens is 2. The number of aryl methyl sites for hydroxylation is 1. The fourth-order valence-corrected chi connectivity index (χ4v) is 5.87. The van der Waals surface area contributed by atoms with Gasteiger partial charge in [0.25, 0.3) is 5.56 Å². The zero-order valence-corrected chi connectivity index (χ0v) is 18.7. The van der Waals surface area contributed by atoms with Crippen molar-refractivity contribution >= 4 is 32.7 Å². The van der Waals surface area contributed by atoms with Crippen LogP contribution in [0.4, 0.5) is 0 Å². The number of thioether (sulfide) groups is 1. The molecule has 158 valence electrons. The Labute approximate surface area is 181 Å². The fraction of sp³-hybridized carbons (Fsp3) is 0.364. The van der Waals surface area contributed by atoms with Crippen molar-refractivity contribution in [1.82, 2.24) is 13.9 Å². The van der Waals surface area contributed by atoms with Crippen molar-refractivity contribution in [2.45, 2.75) is 24.9 Å². The van der Waals surface area contributed by atoms with Crippen LogP contribution in [0.5, 0.6) is 0 Å². The molecule has 1 aliphatic heterocycles. The summed E-state index contributed by atoms with van der Waals surface area (Å²) in [5, 5.41) is 1.22. The number of piperidine rings is 1. The number of hydrogen-bond donors (Lipinski definition) is 0. The number of para-hydroxylation sites is 1. The second-order valence-electron chi connectivity index (χ2n) is 7.83. The van der Waals surface area contributed by atoms with E-state index < -0.39 is 10.0 Å². The van der Waals surface area contributed by atoms with Gasteiger partial charge in [0.1, 0.15) is 0 Å². The molecule has 0 bridgehead atoms. The molecular weight excluding hydrogens is 418 g/mol. The molecule has 6 nitrogen and oxygen atoms in total. The van der Waals surface area contributed by atoms with E-state index in [1.54, 1.807) is 14.9 Å². The average Bonchev–Trinajstić information content (AvgIpc) is 2.73. The molecular formula is C22H25N3O3S2. The number of rotatable bonds is 5. The van der Waals surface area contributed by atoms with E-state index in [4.69, 9.17) is 4.98 Å². The van der Waals surface area contributed by atoms with Gasteiger partial charge in [-0.25, -0.2) is 17.7 Å². The number of sulfonamides is 1. The summed E-state index contributed by atoms with van der Waals surface area (Å²) in [4.78, 5) is 18.1. The third kappa shape index (κ3) is 4.45. The maximum Gasteiger partial charge on any atom is 0.266 e. The lowest BCUT2D eigenvalue weighted by atomic mass is 10.0. The SMILES string of the molecule is Cc1ccc(-n2c(SCC3CCCN(S(C)(=O)=O)C3)nc3ccccc3c2=O)cc1. The van der Waals surface area contributed by atoms with Crippen LogP contribution in [0.3, 0.4) is 0 Å². The van der Waals surface area contributed by atoms with Gasteiger partial charge in [-0.15, -0.1) is 0 Å². The van der Waals surface area contributed by atoms with Gasteiger partial charge in [0.2, 0.25) is 10.0 Å². The Bertz CT molecular complexity index is 1220. The summed E-state index contributed by atoms with van der Waals surface area (Å²) < 4.78 is 27.1. The predicted molar refractivity (Wildman–Crippen MR) is 122 cm³/mol. The minimum Gasteiger partial charge on any atom is -0.268 e. The number of fused-ring (bicyclic) bond motifs is 1. The lowest BCUT2D eigenvalue weighted by molar-refractivity contribution is 0.286. The second kappa shape index (κ2) is 8.53. The molecule has 1 aliphatic rings. The third-order valence-corrected chi connectivity index (χ3v) is 7.88. The number of hydrogen-bond acceptors (Lipinski definition) is 5. The molecule has 1 fully saturated rings. The highest BCUT2D eigenvalue weighted by Gasteiger charge is 2.26. The molecule has 0 saturated carbocycles. The van der Waals surface area contributed by atoms with Gasteiger partial charge in [-0.05, 0) is 49.9 Å². The Morgan fingerprint density at radius 1 is 1.13 bits per heavy atom. The molecule has 8 heteroatoms. The first kappa shape index (κ1) is 21.1. The van der Waals surface area contributed by atoms with Crippen molar-refractivity contribution in [2.75, 3.05) is 25.1 Å². The fourth-order valence-electron chi connectivity index (χ4n) is 3.79. The Hall–Kier alpha value is -2.16. The van der Waals surface area contributed by atoms with Crippen LogP contribution in [-0.2, 0) is 10.0 Å². The summed E-state index contributed by atoms with van der Waals surface area (Å²) in [6, 6.07) is 15.2. The monoisotopic (exact) mass is 443 g/mol. The van der Waals surface area contributed by atoms with Crippen molar-refractivity contribution in [3.8, 4) is 5.69 Å². The van der Waals surface area contributed by atoms with Crippen LogP contribution in [0, 0.1) is 12.8 Å². The van der Waals surface area contributed by atoms with E-state index in [1.165, 1.54) is 18.0 Å². The maximum atomic E-state index is 13.3.